The number of phenols is 1. The van der Waals surface area contributed by atoms with Crippen LogP contribution in [0.1, 0.15) is 17.5 Å². The maximum Gasteiger partial charge on any atom is 0.323 e. The molecule has 0 saturated heterocycles. The zero-order chi connectivity index (χ0) is 16.8. The van der Waals surface area contributed by atoms with E-state index in [0.29, 0.717) is 18.4 Å². The van der Waals surface area contributed by atoms with E-state index in [4.69, 9.17) is 33.7 Å². The van der Waals surface area contributed by atoms with Gasteiger partial charge < -0.3 is 15.6 Å². The highest BCUT2D eigenvalue weighted by atomic mass is 35.5. The monoisotopic (exact) mass is 390 g/mol. The summed E-state index contributed by atoms with van der Waals surface area (Å²) in [5.74, 6) is -0.292. The van der Waals surface area contributed by atoms with E-state index in [2.05, 4.69) is 4.98 Å². The van der Waals surface area contributed by atoms with Crippen molar-refractivity contribution < 1.29 is 14.6 Å². The van der Waals surface area contributed by atoms with Crippen LogP contribution in [0.3, 0.4) is 0 Å². The van der Waals surface area contributed by atoms with Gasteiger partial charge in [-0.2, -0.15) is 0 Å². The van der Waals surface area contributed by atoms with Crippen molar-refractivity contribution in [2.75, 3.05) is 0 Å². The normalized spacial score (nSPS) is 11.5. The number of ether oxygens (including phenoxy) is 1. The Bertz CT molecular complexity index is 661. The van der Waals surface area contributed by atoms with Crippen molar-refractivity contribution in [2.24, 2.45) is 5.73 Å². The molecule has 0 aliphatic heterocycles. The van der Waals surface area contributed by atoms with Crippen LogP contribution in [0.25, 0.3) is 0 Å². The maximum atomic E-state index is 11.9. The van der Waals surface area contributed by atoms with Gasteiger partial charge in [0.2, 0.25) is 0 Å². The third-order valence-corrected chi connectivity index (χ3v) is 3.57. The number of hydrogen-bond acceptors (Lipinski definition) is 5. The van der Waals surface area contributed by atoms with Gasteiger partial charge in [-0.25, -0.2) is 4.98 Å². The molecule has 0 aliphatic rings. The van der Waals surface area contributed by atoms with Gasteiger partial charge in [0.1, 0.15) is 28.7 Å². The van der Waals surface area contributed by atoms with Gasteiger partial charge in [0.15, 0.2) is 0 Å². The molecule has 8 heteroatoms. The molecule has 1 atom stereocenters. The molecule has 24 heavy (non-hydrogen) atoms. The van der Waals surface area contributed by atoms with Gasteiger partial charge in [0, 0.05) is 0 Å². The Morgan fingerprint density at radius 2 is 1.75 bits per heavy atom. The van der Waals surface area contributed by atoms with Crippen LogP contribution in [0.2, 0.25) is 10.3 Å². The predicted molar refractivity (Wildman–Crippen MR) is 95.7 cm³/mol. The molecule has 2 rings (SSSR count). The number of pyridine rings is 1. The first-order chi connectivity index (χ1) is 10.9. The second-order valence-corrected chi connectivity index (χ2v) is 5.81. The minimum Gasteiger partial charge on any atom is -0.508 e. The van der Waals surface area contributed by atoms with E-state index in [-0.39, 0.29) is 35.1 Å². The zero-order valence-corrected chi connectivity index (χ0v) is 14.9. The number of benzene rings is 1. The van der Waals surface area contributed by atoms with Crippen LogP contribution in [0.5, 0.6) is 5.75 Å². The fourth-order valence-electron chi connectivity index (χ4n) is 1.96. The third kappa shape index (κ3) is 6.53. The lowest BCUT2D eigenvalue weighted by Gasteiger charge is -2.12. The first kappa shape index (κ1) is 20.5. The molecule has 3 N–H and O–H groups in total. The van der Waals surface area contributed by atoms with E-state index in [1.165, 1.54) is 0 Å². The highest BCUT2D eigenvalue weighted by Crippen LogP contribution is 2.16. The summed E-state index contributed by atoms with van der Waals surface area (Å²) in [7, 11) is 0. The number of aryl methyl sites for hydroxylation is 1. The Morgan fingerprint density at radius 1 is 1.17 bits per heavy atom. The Hall–Kier alpha value is -1.53. The minimum atomic E-state index is -0.725. The molecule has 0 aliphatic carbocycles. The number of aromatic hydroxyl groups is 1. The molecule has 130 valence electrons. The molecule has 5 nitrogen and oxygen atoms in total. The van der Waals surface area contributed by atoms with Gasteiger partial charge in [-0.3, -0.25) is 4.79 Å². The molecule has 1 aromatic carbocycles. The van der Waals surface area contributed by atoms with Crippen molar-refractivity contribution in [3.05, 3.63) is 57.8 Å². The summed E-state index contributed by atoms with van der Waals surface area (Å²) in [5, 5.41) is 9.69. The van der Waals surface area contributed by atoms with Crippen molar-refractivity contribution >= 4 is 41.6 Å². The van der Waals surface area contributed by atoms with Gasteiger partial charge in [-0.05, 0) is 48.2 Å². The molecule has 2 aromatic rings. The lowest BCUT2D eigenvalue weighted by molar-refractivity contribution is -0.146. The van der Waals surface area contributed by atoms with Gasteiger partial charge in [-0.1, -0.05) is 35.3 Å². The molecular weight excluding hydrogens is 375 g/mol. The molecule has 0 spiro atoms. The fourth-order valence-corrected chi connectivity index (χ4v) is 2.47. The zero-order valence-electron chi connectivity index (χ0n) is 12.6. The van der Waals surface area contributed by atoms with Gasteiger partial charge in [-0.15, -0.1) is 12.4 Å². The maximum absolute atomic E-state index is 11.9. The number of hydrogen-bond donors (Lipinski definition) is 2. The molecule has 1 aromatic heterocycles. The number of phenolic OH excluding ortho intramolecular Hbond substituents is 1. The van der Waals surface area contributed by atoms with Crippen LogP contribution < -0.4 is 5.73 Å². The fraction of sp³-hybridized carbons (Fsp3) is 0.250. The second kappa shape index (κ2) is 9.69. The van der Waals surface area contributed by atoms with E-state index in [1.54, 1.807) is 36.4 Å². The van der Waals surface area contributed by atoms with Crippen molar-refractivity contribution in [3.63, 3.8) is 0 Å². The van der Waals surface area contributed by atoms with Crippen molar-refractivity contribution in [2.45, 2.75) is 25.5 Å². The smallest absolute Gasteiger partial charge is 0.323 e. The molecule has 0 fully saturated rings. The number of esters is 1. The molecule has 0 saturated carbocycles. The Morgan fingerprint density at radius 3 is 2.33 bits per heavy atom. The SMILES string of the molecule is Cl.N[C@@H](CCc1ccc(O)cc1)C(=O)OCc1cc(Cl)nc(Cl)c1. The lowest BCUT2D eigenvalue weighted by atomic mass is 10.1. The number of halogens is 3. The summed E-state index contributed by atoms with van der Waals surface area (Å²) in [6.07, 6.45) is 1.06. The average molecular weight is 392 g/mol. The largest absolute Gasteiger partial charge is 0.508 e. The van der Waals surface area contributed by atoms with Gasteiger partial charge in [0.25, 0.3) is 0 Å². The number of aromatic nitrogens is 1. The summed E-state index contributed by atoms with van der Waals surface area (Å²) < 4.78 is 5.16. The first-order valence-corrected chi connectivity index (χ1v) is 7.72. The molecule has 0 bridgehead atoms. The Labute approximate surface area is 156 Å². The Balaban J connectivity index is 0.00000288. The number of nitrogens with zero attached hydrogens (tertiary/aromatic N) is 1. The number of nitrogens with two attached hydrogens (primary N) is 1. The van der Waals surface area contributed by atoms with Crippen LogP contribution in [-0.2, 0) is 22.6 Å². The quantitative estimate of drug-likeness (QED) is 0.581. The molecule has 0 unspecified atom stereocenters. The standard InChI is InChI=1S/C16H16Cl2N2O3.ClH/c17-14-7-11(8-15(18)20-14)9-23-16(22)13(19)6-3-10-1-4-12(21)5-2-10;/h1-2,4-5,7-8,13,21H,3,6,9,19H2;1H/t13-;/m0./s1. The molecule has 0 amide bonds. The summed E-state index contributed by atoms with van der Waals surface area (Å²) in [4.78, 5) is 15.7. The van der Waals surface area contributed by atoms with Crippen molar-refractivity contribution in [1.29, 1.82) is 0 Å². The topological polar surface area (TPSA) is 85.4 Å². The summed E-state index contributed by atoms with van der Waals surface area (Å²) in [5.41, 5.74) is 7.46. The predicted octanol–water partition coefficient (Wildman–Crippen LogP) is 3.52. The summed E-state index contributed by atoms with van der Waals surface area (Å²) in [6, 6.07) is 9.18. The molecule has 1 heterocycles. The van der Waals surface area contributed by atoms with Crippen LogP contribution >= 0.6 is 35.6 Å². The number of rotatable bonds is 6. The highest BCUT2D eigenvalue weighted by molar-refractivity contribution is 6.32. The van der Waals surface area contributed by atoms with Gasteiger partial charge >= 0.3 is 5.97 Å². The average Bonchev–Trinajstić information content (AvgIpc) is 2.51. The first-order valence-electron chi connectivity index (χ1n) is 6.96. The Kier molecular flexibility index (Phi) is 8.28. The number of carbonyl (C=O) groups excluding carboxylic acids is 1. The molecular formula is C16H17Cl3N2O3. The number of carbonyl (C=O) groups is 1. The van der Waals surface area contributed by atoms with E-state index in [0.717, 1.165) is 5.56 Å². The summed E-state index contributed by atoms with van der Waals surface area (Å²) >= 11 is 11.6. The molecule has 0 radical (unpaired) electrons. The van der Waals surface area contributed by atoms with Crippen LogP contribution in [0.4, 0.5) is 0 Å². The second-order valence-electron chi connectivity index (χ2n) is 5.04. The van der Waals surface area contributed by atoms with Crippen molar-refractivity contribution in [1.82, 2.24) is 4.98 Å². The van der Waals surface area contributed by atoms with E-state index in [1.807, 2.05) is 0 Å². The highest BCUT2D eigenvalue weighted by Gasteiger charge is 2.15. The van der Waals surface area contributed by atoms with Crippen LogP contribution in [0, 0.1) is 0 Å². The minimum absolute atomic E-state index is 0. The van der Waals surface area contributed by atoms with Crippen LogP contribution in [-0.4, -0.2) is 22.1 Å². The van der Waals surface area contributed by atoms with Gasteiger partial charge in [0.05, 0.1) is 0 Å². The van der Waals surface area contributed by atoms with E-state index >= 15 is 0 Å². The lowest BCUT2D eigenvalue weighted by Crippen LogP contribution is -2.32. The third-order valence-electron chi connectivity index (χ3n) is 3.19. The van der Waals surface area contributed by atoms with Crippen LogP contribution in [0.15, 0.2) is 36.4 Å². The van der Waals surface area contributed by atoms with E-state index < -0.39 is 12.0 Å². The van der Waals surface area contributed by atoms with Crippen molar-refractivity contribution in [3.8, 4) is 5.75 Å². The van der Waals surface area contributed by atoms with E-state index in [9.17, 15) is 9.90 Å². The summed E-state index contributed by atoms with van der Waals surface area (Å²) in [6.45, 7) is 0.0354.